The highest BCUT2D eigenvalue weighted by atomic mass is 35.5. The Morgan fingerprint density at radius 3 is 2.88 bits per heavy atom. The summed E-state index contributed by atoms with van der Waals surface area (Å²) < 4.78 is 5.43. The Hall–Kier alpha value is -1.63. The third-order valence-electron chi connectivity index (χ3n) is 4.21. The number of nitrogens with zero attached hydrogens (tertiary/aromatic N) is 3. The molecule has 0 radical (unpaired) electrons. The molecule has 0 unspecified atom stereocenters. The van der Waals surface area contributed by atoms with Crippen LogP contribution in [0.3, 0.4) is 0 Å². The van der Waals surface area contributed by atoms with Gasteiger partial charge < -0.3 is 9.64 Å². The molecule has 0 spiro atoms. The molecule has 0 saturated carbocycles. The number of benzene rings is 1. The van der Waals surface area contributed by atoms with Crippen molar-refractivity contribution in [2.75, 3.05) is 26.2 Å². The van der Waals surface area contributed by atoms with E-state index in [9.17, 15) is 4.79 Å². The lowest BCUT2D eigenvalue weighted by Crippen LogP contribution is -2.35. The number of ether oxygens (including phenoxy) is 1. The molecule has 3 rings (SSSR count). The summed E-state index contributed by atoms with van der Waals surface area (Å²) in [6.45, 7) is 6.25. The van der Waals surface area contributed by atoms with Crippen molar-refractivity contribution in [3.63, 3.8) is 0 Å². The molecule has 1 fully saturated rings. The number of aryl methyl sites for hydroxylation is 1. The molecule has 25 heavy (non-hydrogen) atoms. The predicted molar refractivity (Wildman–Crippen MR) is 100.0 cm³/mol. The zero-order valence-electron chi connectivity index (χ0n) is 14.3. The van der Waals surface area contributed by atoms with Gasteiger partial charge in [0, 0.05) is 48.7 Å². The van der Waals surface area contributed by atoms with E-state index in [1.54, 1.807) is 22.3 Å². The summed E-state index contributed by atoms with van der Waals surface area (Å²) in [5.41, 5.74) is 1.94. The van der Waals surface area contributed by atoms with Crippen LogP contribution in [0.15, 0.2) is 29.6 Å². The average molecular weight is 380 g/mol. The first-order chi connectivity index (χ1) is 12.1. The molecule has 0 atom stereocenters. The second-order valence-electron chi connectivity index (χ2n) is 6.12. The van der Waals surface area contributed by atoms with Gasteiger partial charge in [0.2, 0.25) is 0 Å². The van der Waals surface area contributed by atoms with E-state index >= 15 is 0 Å². The Labute approximate surface area is 157 Å². The molecule has 0 N–H and O–H groups in total. The minimum absolute atomic E-state index is 0.205. The fraction of sp³-hybridized carbons (Fsp3) is 0.444. The maximum absolute atomic E-state index is 12.3. The molecular formula is C18H22ClN3O2S. The zero-order valence-corrected chi connectivity index (χ0v) is 15.9. The second-order valence-corrected chi connectivity index (χ2v) is 7.59. The molecule has 0 bridgehead atoms. The SMILES string of the molecule is Cc1nc(CN2CCCN(C(=O)OCc3ccccc3Cl)CC2)cs1. The quantitative estimate of drug-likeness (QED) is 0.806. The van der Waals surface area contributed by atoms with Crippen LogP contribution in [-0.2, 0) is 17.9 Å². The molecule has 2 aromatic rings. The van der Waals surface area contributed by atoms with Crippen LogP contribution in [0.5, 0.6) is 0 Å². The van der Waals surface area contributed by atoms with Crippen LogP contribution >= 0.6 is 22.9 Å². The average Bonchev–Trinajstić information content (AvgIpc) is 2.87. The van der Waals surface area contributed by atoms with Crippen LogP contribution in [0.2, 0.25) is 5.02 Å². The van der Waals surface area contributed by atoms with Gasteiger partial charge in [0.25, 0.3) is 0 Å². The Morgan fingerprint density at radius 2 is 2.12 bits per heavy atom. The Kier molecular flexibility index (Phi) is 6.29. The van der Waals surface area contributed by atoms with Crippen molar-refractivity contribution in [1.82, 2.24) is 14.8 Å². The van der Waals surface area contributed by atoms with Gasteiger partial charge in [0.05, 0.1) is 10.7 Å². The summed E-state index contributed by atoms with van der Waals surface area (Å²) in [6.07, 6.45) is 0.663. The summed E-state index contributed by atoms with van der Waals surface area (Å²) in [6, 6.07) is 7.42. The lowest BCUT2D eigenvalue weighted by molar-refractivity contribution is 0.0972. The number of amides is 1. The third-order valence-corrected chi connectivity index (χ3v) is 5.40. The standard InChI is InChI=1S/C18H22ClN3O2S/c1-14-20-16(13-25-14)11-21-7-4-8-22(10-9-21)18(23)24-12-15-5-2-3-6-17(15)19/h2-3,5-6,13H,4,7-12H2,1H3. The lowest BCUT2D eigenvalue weighted by atomic mass is 10.2. The highest BCUT2D eigenvalue weighted by Crippen LogP contribution is 2.17. The first kappa shape index (κ1) is 18.2. The van der Waals surface area contributed by atoms with E-state index in [1.165, 1.54) is 0 Å². The van der Waals surface area contributed by atoms with Crippen molar-refractivity contribution >= 4 is 29.0 Å². The number of rotatable bonds is 4. The molecular weight excluding hydrogens is 358 g/mol. The summed E-state index contributed by atoms with van der Waals surface area (Å²) in [7, 11) is 0. The number of carbonyl (C=O) groups excluding carboxylic acids is 1. The summed E-state index contributed by atoms with van der Waals surface area (Å²) in [5, 5.41) is 3.82. The maximum Gasteiger partial charge on any atom is 0.410 e. The van der Waals surface area contributed by atoms with Gasteiger partial charge in [-0.05, 0) is 19.4 Å². The van der Waals surface area contributed by atoms with Gasteiger partial charge in [-0.3, -0.25) is 4.90 Å². The fourth-order valence-corrected chi connectivity index (χ4v) is 3.66. The van der Waals surface area contributed by atoms with E-state index in [2.05, 4.69) is 15.3 Å². The lowest BCUT2D eigenvalue weighted by Gasteiger charge is -2.21. The maximum atomic E-state index is 12.3. The van der Waals surface area contributed by atoms with Gasteiger partial charge in [-0.15, -0.1) is 11.3 Å². The van der Waals surface area contributed by atoms with Crippen LogP contribution < -0.4 is 0 Å². The van der Waals surface area contributed by atoms with Gasteiger partial charge in [-0.25, -0.2) is 9.78 Å². The molecule has 0 aliphatic carbocycles. The Bertz CT molecular complexity index is 722. The molecule has 1 amide bonds. The predicted octanol–water partition coefficient (Wildman–Crippen LogP) is 3.95. The number of thiazole rings is 1. The minimum atomic E-state index is -0.272. The molecule has 1 aliphatic heterocycles. The van der Waals surface area contributed by atoms with Crippen LogP contribution in [0.4, 0.5) is 4.79 Å². The van der Waals surface area contributed by atoms with Crippen molar-refractivity contribution in [3.8, 4) is 0 Å². The van der Waals surface area contributed by atoms with Gasteiger partial charge in [0.1, 0.15) is 6.61 Å². The first-order valence-corrected chi connectivity index (χ1v) is 9.66. The molecule has 1 aliphatic rings. The third kappa shape index (κ3) is 5.17. The number of halogens is 1. The van der Waals surface area contributed by atoms with E-state index < -0.39 is 0 Å². The van der Waals surface area contributed by atoms with E-state index in [0.717, 1.165) is 42.3 Å². The van der Waals surface area contributed by atoms with Gasteiger partial charge in [-0.2, -0.15) is 0 Å². The largest absolute Gasteiger partial charge is 0.444 e. The highest BCUT2D eigenvalue weighted by Gasteiger charge is 2.21. The van der Waals surface area contributed by atoms with Gasteiger partial charge >= 0.3 is 6.09 Å². The van der Waals surface area contributed by atoms with Crippen molar-refractivity contribution in [2.45, 2.75) is 26.5 Å². The number of hydrogen-bond donors (Lipinski definition) is 0. The van der Waals surface area contributed by atoms with Gasteiger partial charge in [0.15, 0.2) is 0 Å². The van der Waals surface area contributed by atoms with Crippen LogP contribution in [0.25, 0.3) is 0 Å². The Balaban J connectivity index is 1.48. The van der Waals surface area contributed by atoms with Crippen molar-refractivity contribution < 1.29 is 9.53 Å². The van der Waals surface area contributed by atoms with Crippen molar-refractivity contribution in [1.29, 1.82) is 0 Å². The number of hydrogen-bond acceptors (Lipinski definition) is 5. The molecule has 1 aromatic carbocycles. The van der Waals surface area contributed by atoms with E-state index in [-0.39, 0.29) is 12.7 Å². The van der Waals surface area contributed by atoms with E-state index in [0.29, 0.717) is 18.1 Å². The fourth-order valence-electron chi connectivity index (χ4n) is 2.87. The molecule has 1 saturated heterocycles. The summed E-state index contributed by atoms with van der Waals surface area (Å²) in [5.74, 6) is 0. The van der Waals surface area contributed by atoms with E-state index in [4.69, 9.17) is 16.3 Å². The number of aromatic nitrogens is 1. The van der Waals surface area contributed by atoms with Gasteiger partial charge in [-0.1, -0.05) is 29.8 Å². The molecule has 7 heteroatoms. The second kappa shape index (κ2) is 8.65. The molecule has 2 heterocycles. The highest BCUT2D eigenvalue weighted by molar-refractivity contribution is 7.09. The topological polar surface area (TPSA) is 45.7 Å². The van der Waals surface area contributed by atoms with Crippen LogP contribution in [0.1, 0.15) is 22.7 Å². The first-order valence-electron chi connectivity index (χ1n) is 8.40. The van der Waals surface area contributed by atoms with Crippen LogP contribution in [-0.4, -0.2) is 47.1 Å². The normalized spacial score (nSPS) is 15.8. The number of carbonyl (C=O) groups is 1. The van der Waals surface area contributed by atoms with Crippen LogP contribution in [0, 0.1) is 6.92 Å². The smallest absolute Gasteiger partial charge is 0.410 e. The summed E-state index contributed by atoms with van der Waals surface area (Å²) in [4.78, 5) is 21.0. The molecule has 134 valence electrons. The zero-order chi connectivity index (χ0) is 17.6. The summed E-state index contributed by atoms with van der Waals surface area (Å²) >= 11 is 7.78. The monoisotopic (exact) mass is 379 g/mol. The van der Waals surface area contributed by atoms with Crippen molar-refractivity contribution in [3.05, 3.63) is 50.9 Å². The molecule has 5 nitrogen and oxygen atoms in total. The van der Waals surface area contributed by atoms with E-state index in [1.807, 2.05) is 25.1 Å². The minimum Gasteiger partial charge on any atom is -0.444 e. The van der Waals surface area contributed by atoms with Crippen molar-refractivity contribution in [2.24, 2.45) is 0 Å². The molecule has 1 aromatic heterocycles. The Morgan fingerprint density at radius 1 is 1.28 bits per heavy atom.